The monoisotopic (exact) mass is 450 g/mol. The fraction of sp³-hybridized carbons (Fsp3) is 0.150. The predicted octanol–water partition coefficient (Wildman–Crippen LogP) is 5.67. The van der Waals surface area contributed by atoms with Crippen LogP contribution in [0, 0.1) is 0 Å². The molecule has 1 N–H and O–H groups in total. The van der Waals surface area contributed by atoms with Crippen molar-refractivity contribution in [2.24, 2.45) is 0 Å². The van der Waals surface area contributed by atoms with E-state index >= 15 is 0 Å². The third-order valence-electron chi connectivity index (χ3n) is 4.45. The molecular weight excluding hydrogens is 437 g/mol. The molecule has 0 aliphatic heterocycles. The highest BCUT2D eigenvalue weighted by molar-refractivity contribution is 8.00. The maximum atomic E-state index is 12.9. The minimum Gasteiger partial charge on any atom is -0.324 e. The van der Waals surface area contributed by atoms with Gasteiger partial charge in [0.05, 0.1) is 27.0 Å². The molecule has 0 spiro atoms. The normalized spacial score (nSPS) is 13.0. The van der Waals surface area contributed by atoms with E-state index in [0.717, 1.165) is 40.9 Å². The van der Waals surface area contributed by atoms with Gasteiger partial charge in [-0.05, 0) is 48.7 Å². The molecule has 30 heavy (non-hydrogen) atoms. The molecule has 10 heteroatoms. The van der Waals surface area contributed by atoms with E-state index in [1.54, 1.807) is 6.92 Å². The highest BCUT2D eigenvalue weighted by atomic mass is 35.5. The second-order valence-corrected chi connectivity index (χ2v) is 8.23. The number of benzene rings is 2. The first-order valence-corrected chi connectivity index (χ1v) is 10.1. The quantitative estimate of drug-likeness (QED) is 0.407. The van der Waals surface area contributed by atoms with Gasteiger partial charge in [-0.3, -0.25) is 9.20 Å². The van der Waals surface area contributed by atoms with Crippen molar-refractivity contribution >= 4 is 51.5 Å². The van der Waals surface area contributed by atoms with Crippen LogP contribution in [0.2, 0.25) is 5.02 Å². The largest absolute Gasteiger partial charge is 0.416 e. The van der Waals surface area contributed by atoms with Gasteiger partial charge in [0, 0.05) is 0 Å². The van der Waals surface area contributed by atoms with Crippen LogP contribution in [-0.2, 0) is 11.0 Å². The molecule has 1 amide bonds. The number of thioether (sulfide) groups is 1. The number of alkyl halides is 3. The summed E-state index contributed by atoms with van der Waals surface area (Å²) in [4.78, 5) is 12.6. The average molecular weight is 451 g/mol. The van der Waals surface area contributed by atoms with Gasteiger partial charge in [-0.25, -0.2) is 0 Å². The highest BCUT2D eigenvalue weighted by Crippen LogP contribution is 2.34. The van der Waals surface area contributed by atoms with Crippen molar-refractivity contribution in [3.8, 4) is 0 Å². The molecule has 4 rings (SSSR count). The Bertz CT molecular complexity index is 1260. The number of hydrogen-bond donors (Lipinski definition) is 1. The number of aromatic nitrogens is 3. The molecule has 0 aliphatic carbocycles. The molecule has 154 valence electrons. The van der Waals surface area contributed by atoms with Gasteiger partial charge in [-0.1, -0.05) is 41.6 Å². The fourth-order valence-corrected chi connectivity index (χ4v) is 3.96. The van der Waals surface area contributed by atoms with E-state index in [1.807, 2.05) is 40.8 Å². The smallest absolute Gasteiger partial charge is 0.324 e. The van der Waals surface area contributed by atoms with Crippen LogP contribution in [0.3, 0.4) is 0 Å². The van der Waals surface area contributed by atoms with Crippen LogP contribution in [0.5, 0.6) is 0 Å². The van der Waals surface area contributed by atoms with Crippen molar-refractivity contribution in [1.29, 1.82) is 0 Å². The van der Waals surface area contributed by atoms with Crippen molar-refractivity contribution in [2.75, 3.05) is 5.32 Å². The number of carbonyl (C=O) groups excluding carboxylic acids is 1. The maximum absolute atomic E-state index is 12.9. The Morgan fingerprint density at radius 1 is 1.13 bits per heavy atom. The van der Waals surface area contributed by atoms with Gasteiger partial charge in [-0.15, -0.1) is 10.2 Å². The molecule has 0 saturated carbocycles. The number of pyridine rings is 1. The third-order valence-corrected chi connectivity index (χ3v) is 5.82. The molecule has 0 unspecified atom stereocenters. The lowest BCUT2D eigenvalue weighted by Gasteiger charge is -2.14. The highest BCUT2D eigenvalue weighted by Gasteiger charge is 2.31. The molecule has 5 nitrogen and oxygen atoms in total. The summed E-state index contributed by atoms with van der Waals surface area (Å²) in [5, 5.41) is 11.6. The van der Waals surface area contributed by atoms with Crippen molar-refractivity contribution in [2.45, 2.75) is 23.5 Å². The summed E-state index contributed by atoms with van der Waals surface area (Å²) in [6, 6.07) is 14.2. The van der Waals surface area contributed by atoms with Crippen LogP contribution in [0.25, 0.3) is 16.6 Å². The molecule has 2 heterocycles. The molecular formula is C20H14ClF3N4OS. The fourth-order valence-electron chi connectivity index (χ4n) is 2.93. The van der Waals surface area contributed by atoms with Crippen LogP contribution in [0.15, 0.2) is 59.8 Å². The van der Waals surface area contributed by atoms with Gasteiger partial charge in [0.2, 0.25) is 5.91 Å². The van der Waals surface area contributed by atoms with Crippen LogP contribution < -0.4 is 5.32 Å². The Morgan fingerprint density at radius 3 is 2.67 bits per heavy atom. The van der Waals surface area contributed by atoms with Crippen LogP contribution in [-0.4, -0.2) is 25.8 Å². The first kappa shape index (κ1) is 20.5. The number of para-hydroxylation sites is 1. The number of fused-ring (bicyclic) bond motifs is 3. The summed E-state index contributed by atoms with van der Waals surface area (Å²) in [5.74, 6) is -0.502. The van der Waals surface area contributed by atoms with Crippen LogP contribution >= 0.6 is 23.4 Å². The van der Waals surface area contributed by atoms with Crippen LogP contribution in [0.4, 0.5) is 18.9 Å². The Balaban J connectivity index is 1.59. The lowest BCUT2D eigenvalue weighted by Crippen LogP contribution is -2.23. The zero-order valence-corrected chi connectivity index (χ0v) is 17.0. The number of halogens is 4. The Kier molecular flexibility index (Phi) is 5.33. The minimum atomic E-state index is -4.54. The number of hydrogen-bond acceptors (Lipinski definition) is 4. The lowest BCUT2D eigenvalue weighted by molar-refractivity contribution is -0.137. The van der Waals surface area contributed by atoms with E-state index in [0.29, 0.717) is 10.8 Å². The Morgan fingerprint density at radius 2 is 1.90 bits per heavy atom. The van der Waals surface area contributed by atoms with Gasteiger partial charge in [0.25, 0.3) is 0 Å². The average Bonchev–Trinajstić information content (AvgIpc) is 3.12. The summed E-state index contributed by atoms with van der Waals surface area (Å²) < 4.78 is 40.7. The lowest BCUT2D eigenvalue weighted by atomic mass is 10.2. The van der Waals surface area contributed by atoms with E-state index in [9.17, 15) is 18.0 Å². The zero-order valence-electron chi connectivity index (χ0n) is 15.4. The molecule has 0 bridgehead atoms. The van der Waals surface area contributed by atoms with Crippen molar-refractivity contribution in [3.63, 3.8) is 0 Å². The van der Waals surface area contributed by atoms with Crippen molar-refractivity contribution in [3.05, 3.63) is 65.2 Å². The molecule has 2 aromatic heterocycles. The van der Waals surface area contributed by atoms with E-state index in [-0.39, 0.29) is 10.7 Å². The third kappa shape index (κ3) is 3.95. The van der Waals surface area contributed by atoms with E-state index in [4.69, 9.17) is 11.6 Å². The summed E-state index contributed by atoms with van der Waals surface area (Å²) in [7, 11) is 0. The SMILES string of the molecule is C[C@H](Sc1nnc2ccc3ccccc3n12)C(=O)Nc1cc(C(F)(F)F)ccc1Cl. The minimum absolute atomic E-state index is 0.0208. The molecule has 0 radical (unpaired) electrons. The Labute approximate surface area is 178 Å². The van der Waals surface area contributed by atoms with E-state index < -0.39 is 22.9 Å². The standard InChI is InChI=1S/C20H14ClF3N4OS/c1-11(18(29)25-15-10-13(20(22,23)24)7-8-14(15)21)30-19-27-26-17-9-6-12-4-2-3-5-16(12)28(17)19/h2-11H,1H3,(H,25,29)/t11-/m0/s1. The molecule has 4 aromatic rings. The topological polar surface area (TPSA) is 59.3 Å². The van der Waals surface area contributed by atoms with E-state index in [1.165, 1.54) is 0 Å². The molecule has 0 aliphatic rings. The summed E-state index contributed by atoms with van der Waals surface area (Å²) in [6.07, 6.45) is -4.54. The number of anilines is 1. The Hall–Kier alpha value is -2.78. The predicted molar refractivity (Wildman–Crippen MR) is 111 cm³/mol. The number of amides is 1. The second-order valence-electron chi connectivity index (χ2n) is 6.51. The summed E-state index contributed by atoms with van der Waals surface area (Å²) in [5.41, 5.74) is 0.527. The first-order valence-electron chi connectivity index (χ1n) is 8.81. The van der Waals surface area contributed by atoms with Gasteiger partial charge in [-0.2, -0.15) is 13.2 Å². The van der Waals surface area contributed by atoms with Gasteiger partial charge in [0.15, 0.2) is 10.8 Å². The van der Waals surface area contributed by atoms with Gasteiger partial charge in [0.1, 0.15) is 0 Å². The van der Waals surface area contributed by atoms with Gasteiger partial charge >= 0.3 is 6.18 Å². The first-order chi connectivity index (χ1) is 14.2. The second kappa shape index (κ2) is 7.81. The summed E-state index contributed by atoms with van der Waals surface area (Å²) >= 11 is 7.12. The molecule has 1 atom stereocenters. The number of nitrogens with zero attached hydrogens (tertiary/aromatic N) is 3. The maximum Gasteiger partial charge on any atom is 0.416 e. The van der Waals surface area contributed by atoms with Gasteiger partial charge < -0.3 is 5.32 Å². The number of carbonyl (C=O) groups is 1. The molecule has 2 aromatic carbocycles. The molecule has 0 fully saturated rings. The zero-order chi connectivity index (χ0) is 21.5. The van der Waals surface area contributed by atoms with Crippen molar-refractivity contribution in [1.82, 2.24) is 14.6 Å². The number of nitrogens with one attached hydrogen (secondary N) is 1. The van der Waals surface area contributed by atoms with Crippen molar-refractivity contribution < 1.29 is 18.0 Å². The van der Waals surface area contributed by atoms with E-state index in [2.05, 4.69) is 15.5 Å². The number of rotatable bonds is 4. The molecule has 0 saturated heterocycles. The summed E-state index contributed by atoms with van der Waals surface area (Å²) in [6.45, 7) is 1.63. The van der Waals surface area contributed by atoms with Crippen LogP contribution in [0.1, 0.15) is 12.5 Å².